The number of nitrogens with zero attached hydrogens (tertiary/aromatic N) is 7. The second-order valence-electron chi connectivity index (χ2n) is 11.3. The first-order valence-corrected chi connectivity index (χ1v) is 16.1. The molecule has 0 unspecified atom stereocenters. The van der Waals surface area contributed by atoms with E-state index >= 15 is 0 Å². The number of anilines is 2. The van der Waals surface area contributed by atoms with Gasteiger partial charge in [-0.1, -0.05) is 17.7 Å². The molecule has 0 aliphatic rings. The summed E-state index contributed by atoms with van der Waals surface area (Å²) in [7, 11) is 1.36. The van der Waals surface area contributed by atoms with Gasteiger partial charge in [-0.2, -0.15) is 25.5 Å². The Morgan fingerprint density at radius 2 is 1.42 bits per heavy atom. The molecule has 0 spiro atoms. The number of methoxy groups -OCH3 is 1. The highest BCUT2D eigenvalue weighted by Gasteiger charge is 2.25. The minimum absolute atomic E-state index is 0.0246. The predicted octanol–water partition coefficient (Wildman–Crippen LogP) is 5.92. The van der Waals surface area contributed by atoms with Gasteiger partial charge < -0.3 is 20.1 Å². The van der Waals surface area contributed by atoms with Gasteiger partial charge in [0.2, 0.25) is 11.8 Å². The van der Waals surface area contributed by atoms with Crippen LogP contribution in [0.4, 0.5) is 29.2 Å². The Balaban J connectivity index is 1.25. The summed E-state index contributed by atoms with van der Waals surface area (Å²) in [6, 6.07) is 9.18. The maximum absolute atomic E-state index is 13.9. The zero-order valence-corrected chi connectivity index (χ0v) is 28.3. The van der Waals surface area contributed by atoms with Crippen LogP contribution in [0.2, 0.25) is 5.02 Å². The zero-order valence-electron chi connectivity index (χ0n) is 27.5. The van der Waals surface area contributed by atoms with Crippen LogP contribution in [0, 0.1) is 23.3 Å². The molecule has 3 N–H and O–H groups in total. The first-order valence-electron chi connectivity index (χ1n) is 15.7. The summed E-state index contributed by atoms with van der Waals surface area (Å²) in [6.45, 7) is -0.337. The molecule has 4 aromatic heterocycles. The van der Waals surface area contributed by atoms with E-state index in [2.05, 4.69) is 46.3 Å². The third kappa shape index (κ3) is 8.55. The highest BCUT2D eigenvalue weighted by Crippen LogP contribution is 2.38. The Morgan fingerprint density at radius 3 is 2.04 bits per heavy atom. The molecule has 2 amide bonds. The van der Waals surface area contributed by atoms with E-state index in [9.17, 15) is 27.2 Å². The van der Waals surface area contributed by atoms with Crippen molar-refractivity contribution in [3.8, 4) is 34.0 Å². The lowest BCUT2D eigenvalue weighted by atomic mass is 10.1. The van der Waals surface area contributed by atoms with Crippen molar-refractivity contribution in [3.05, 3.63) is 107 Å². The largest absolute Gasteiger partial charge is 0.491 e. The molecule has 0 saturated carbocycles. The van der Waals surface area contributed by atoms with Crippen molar-refractivity contribution in [2.45, 2.75) is 32.4 Å². The quantitative estimate of drug-likeness (QED) is 0.0896. The Kier molecular flexibility index (Phi) is 11.2. The van der Waals surface area contributed by atoms with Crippen molar-refractivity contribution in [2.75, 3.05) is 17.7 Å². The van der Waals surface area contributed by atoms with Gasteiger partial charge in [-0.15, -0.1) is 5.10 Å². The Morgan fingerprint density at radius 1 is 0.792 bits per heavy atom. The summed E-state index contributed by atoms with van der Waals surface area (Å²) in [5.74, 6) is -5.75. The van der Waals surface area contributed by atoms with Gasteiger partial charge in [-0.3, -0.25) is 14.7 Å². The van der Waals surface area contributed by atoms with Crippen LogP contribution in [0.15, 0.2) is 67.3 Å². The number of nitrogens with one attached hydrogen (secondary N) is 3. The predicted molar refractivity (Wildman–Crippen MR) is 182 cm³/mol. The molecule has 4 heterocycles. The molecule has 2 aromatic carbocycles. The summed E-state index contributed by atoms with van der Waals surface area (Å²) in [4.78, 5) is 26.0. The average Bonchev–Trinajstić information content (AvgIpc) is 3.72. The molecule has 0 saturated heterocycles. The number of ether oxygens (including phenoxy) is 2. The van der Waals surface area contributed by atoms with Gasteiger partial charge in [0.25, 0.3) is 0 Å². The normalized spacial score (nSPS) is 11.0. The van der Waals surface area contributed by atoms with Crippen LogP contribution in [0.3, 0.4) is 0 Å². The van der Waals surface area contributed by atoms with Gasteiger partial charge >= 0.3 is 0 Å². The van der Waals surface area contributed by atoms with E-state index in [4.69, 9.17) is 21.1 Å². The van der Waals surface area contributed by atoms with Crippen molar-refractivity contribution in [3.63, 3.8) is 0 Å². The SMILES string of the molecule is COc1c(NC(=O)CCc2cc(F)c(F)c(F)c2)nn(COc2c(NC(=O)CCc3ccc(Cl)c(F)c3)n[nH]c2-c2ccnnc2)c1-c1ccnnc1. The van der Waals surface area contributed by atoms with Crippen LogP contribution in [0.1, 0.15) is 24.0 Å². The number of amides is 2. The van der Waals surface area contributed by atoms with E-state index < -0.39 is 35.1 Å². The second kappa shape index (κ2) is 16.3. The van der Waals surface area contributed by atoms with Gasteiger partial charge in [0.1, 0.15) is 17.2 Å². The highest BCUT2D eigenvalue weighted by molar-refractivity contribution is 6.30. The number of aromatic nitrogens is 8. The molecule has 0 bridgehead atoms. The topological polar surface area (TPSA) is 175 Å². The fourth-order valence-corrected chi connectivity index (χ4v) is 5.31. The van der Waals surface area contributed by atoms with Crippen LogP contribution < -0.4 is 20.1 Å². The first-order chi connectivity index (χ1) is 25.6. The van der Waals surface area contributed by atoms with Gasteiger partial charge in [-0.25, -0.2) is 22.2 Å². The number of aromatic amines is 1. The van der Waals surface area contributed by atoms with Crippen molar-refractivity contribution in [1.29, 1.82) is 0 Å². The van der Waals surface area contributed by atoms with E-state index in [-0.39, 0.29) is 66.1 Å². The Hall–Kier alpha value is -6.43. The third-order valence-electron chi connectivity index (χ3n) is 7.72. The first kappa shape index (κ1) is 36.4. The van der Waals surface area contributed by atoms with Crippen LogP contribution >= 0.6 is 11.6 Å². The van der Waals surface area contributed by atoms with E-state index in [1.165, 1.54) is 48.7 Å². The molecule has 6 aromatic rings. The molecule has 0 aliphatic heterocycles. The number of carbonyl (C=O) groups is 2. The molecule has 19 heteroatoms. The molecule has 0 atom stereocenters. The minimum atomic E-state index is -1.60. The fraction of sp³-hybridized carbons (Fsp3) is 0.176. The number of carbonyl (C=O) groups excluding carboxylic acids is 2. The molecule has 272 valence electrons. The third-order valence-corrected chi connectivity index (χ3v) is 8.03. The zero-order chi connectivity index (χ0) is 37.5. The van der Waals surface area contributed by atoms with E-state index in [0.717, 1.165) is 12.1 Å². The van der Waals surface area contributed by atoms with Crippen molar-refractivity contribution < 1.29 is 36.6 Å². The van der Waals surface area contributed by atoms with Gasteiger partial charge in [0.15, 0.2) is 47.3 Å². The molecule has 0 radical (unpaired) electrons. The Labute approximate surface area is 302 Å². The van der Waals surface area contributed by atoms with Crippen LogP contribution in [-0.2, 0) is 29.2 Å². The number of rotatable bonds is 14. The number of halogens is 5. The van der Waals surface area contributed by atoms with Gasteiger partial charge in [0.05, 0.1) is 36.9 Å². The van der Waals surface area contributed by atoms with Crippen molar-refractivity contribution >= 4 is 35.1 Å². The number of aryl methyl sites for hydroxylation is 2. The molecule has 6 rings (SSSR count). The number of H-pyrrole nitrogens is 1. The van der Waals surface area contributed by atoms with E-state index in [1.807, 2.05) is 0 Å². The van der Waals surface area contributed by atoms with Crippen molar-refractivity contribution in [2.24, 2.45) is 0 Å². The molecule has 0 fully saturated rings. The lowest BCUT2D eigenvalue weighted by molar-refractivity contribution is -0.117. The standard InChI is InChI=1S/C34H27ClF4N10O4/c1-52-32-30(21-9-11-41-43-16-21)49(48-34(32)45-27(51)7-4-19-13-24(37)28(39)25(38)14-19)17-53-31-29(20-8-10-40-42-15-20)46-47-33(31)44-26(50)6-3-18-2-5-22(35)23(36)12-18/h2,5,8-16H,3-4,6-7,17H2,1H3,(H,45,48,51)(H2,44,46,47,50). The van der Waals surface area contributed by atoms with E-state index in [1.54, 1.807) is 18.2 Å². The summed E-state index contributed by atoms with van der Waals surface area (Å²) in [5.41, 5.74) is 2.29. The van der Waals surface area contributed by atoms with Gasteiger partial charge in [0, 0.05) is 24.0 Å². The summed E-state index contributed by atoms with van der Waals surface area (Å²) < 4.78 is 68.0. The van der Waals surface area contributed by atoms with Crippen LogP contribution in [0.5, 0.6) is 11.5 Å². The number of hydrogen-bond donors (Lipinski definition) is 3. The second-order valence-corrected chi connectivity index (χ2v) is 11.7. The van der Waals surface area contributed by atoms with Crippen molar-refractivity contribution in [1.82, 2.24) is 40.4 Å². The van der Waals surface area contributed by atoms with Crippen LogP contribution in [0.25, 0.3) is 22.5 Å². The maximum atomic E-state index is 13.9. The summed E-state index contributed by atoms with van der Waals surface area (Å²) >= 11 is 5.77. The minimum Gasteiger partial charge on any atom is -0.491 e. The lowest BCUT2D eigenvalue weighted by Crippen LogP contribution is -2.15. The summed E-state index contributed by atoms with van der Waals surface area (Å²) in [6.07, 6.45) is 5.62. The molecule has 0 aliphatic carbocycles. The lowest BCUT2D eigenvalue weighted by Gasteiger charge is -2.12. The Bertz CT molecular complexity index is 2230. The fourth-order valence-electron chi connectivity index (χ4n) is 5.19. The molecule has 14 nitrogen and oxygen atoms in total. The monoisotopic (exact) mass is 750 g/mol. The van der Waals surface area contributed by atoms with Crippen LogP contribution in [-0.4, -0.2) is 59.3 Å². The number of hydrogen-bond acceptors (Lipinski definition) is 10. The van der Waals surface area contributed by atoms with Gasteiger partial charge in [-0.05, 0) is 60.4 Å². The number of benzene rings is 2. The molecule has 53 heavy (non-hydrogen) atoms. The maximum Gasteiger partial charge on any atom is 0.226 e. The highest BCUT2D eigenvalue weighted by atomic mass is 35.5. The smallest absolute Gasteiger partial charge is 0.226 e. The summed E-state index contributed by atoms with van der Waals surface area (Å²) in [5, 5.41) is 32.3. The van der Waals surface area contributed by atoms with E-state index in [0.29, 0.717) is 28.1 Å². The molecular weight excluding hydrogens is 724 g/mol. The molecular formula is C34H27ClF4N10O4. The average molecular weight is 751 g/mol.